The number of hydrogen-bond acceptors (Lipinski definition) is 6. The molecular weight excluding hydrogens is 505 g/mol. The van der Waals surface area contributed by atoms with Crippen LogP contribution in [0.5, 0.6) is 0 Å². The number of likely N-dealkylation sites (tertiary alicyclic amines) is 1. The van der Waals surface area contributed by atoms with Crippen LogP contribution in [0.3, 0.4) is 0 Å². The van der Waals surface area contributed by atoms with Crippen molar-refractivity contribution in [3.63, 3.8) is 0 Å². The van der Waals surface area contributed by atoms with Crippen LogP contribution in [0.15, 0.2) is 41.5 Å². The van der Waals surface area contributed by atoms with Crippen LogP contribution in [0, 0.1) is 5.92 Å². The predicted octanol–water partition coefficient (Wildman–Crippen LogP) is 1.06. The highest BCUT2D eigenvalue weighted by molar-refractivity contribution is 6.07. The Hall–Kier alpha value is -4.09. The van der Waals surface area contributed by atoms with Gasteiger partial charge in [-0.05, 0) is 43.7 Å². The highest BCUT2D eigenvalue weighted by Crippen LogP contribution is 2.22. The van der Waals surface area contributed by atoms with Crippen LogP contribution in [0.4, 0.5) is 4.39 Å². The van der Waals surface area contributed by atoms with Crippen molar-refractivity contribution >= 4 is 40.4 Å². The molecule has 3 amide bonds. The number of pyridine rings is 1. The molecule has 0 aliphatic carbocycles. The average Bonchev–Trinajstić information content (AvgIpc) is 3.42. The lowest BCUT2D eigenvalue weighted by molar-refractivity contribution is -0.141. The van der Waals surface area contributed by atoms with Gasteiger partial charge in [-0.2, -0.15) is 0 Å². The maximum absolute atomic E-state index is 13.6. The smallest absolute Gasteiger partial charge is 0.252 e. The molecule has 0 bridgehead atoms. The zero-order valence-corrected chi connectivity index (χ0v) is 22.2. The van der Waals surface area contributed by atoms with Gasteiger partial charge in [0.2, 0.25) is 11.8 Å². The van der Waals surface area contributed by atoms with Gasteiger partial charge in [-0.1, -0.05) is 32.0 Å². The summed E-state index contributed by atoms with van der Waals surface area (Å²) in [4.78, 5) is 61.7. The number of halogens is 1. The monoisotopic (exact) mass is 541 g/mol. The first-order chi connectivity index (χ1) is 18.6. The maximum Gasteiger partial charge on any atom is 0.252 e. The largest absolute Gasteiger partial charge is 0.370 e. The number of alkyl halides is 1. The Bertz CT molecular complexity index is 1230. The molecule has 1 saturated heterocycles. The lowest BCUT2D eigenvalue weighted by atomic mass is 10.0. The SMILES string of the molecule is CC(C)C(NC(=O)c1ccnc2ccccc12)C(=O)N1CCC[C@H]1C(=O)NC(CCCN=C(N)N)C(=O)CF. The molecule has 3 atom stereocenters. The number of ketones is 1. The van der Waals surface area contributed by atoms with Crippen LogP contribution < -0.4 is 22.1 Å². The van der Waals surface area contributed by atoms with E-state index in [1.54, 1.807) is 24.3 Å². The van der Waals surface area contributed by atoms with Crippen molar-refractivity contribution in [1.82, 2.24) is 20.5 Å². The molecule has 3 rings (SSSR count). The summed E-state index contributed by atoms with van der Waals surface area (Å²) in [5, 5.41) is 6.12. The number of rotatable bonds is 12. The average molecular weight is 542 g/mol. The van der Waals surface area contributed by atoms with Gasteiger partial charge >= 0.3 is 0 Å². The number of nitrogens with zero attached hydrogens (tertiary/aromatic N) is 3. The van der Waals surface area contributed by atoms with Gasteiger partial charge < -0.3 is 27.0 Å². The van der Waals surface area contributed by atoms with Gasteiger partial charge in [0.25, 0.3) is 5.91 Å². The number of aliphatic imine (C=N–C) groups is 1. The van der Waals surface area contributed by atoms with Crippen molar-refractivity contribution in [2.24, 2.45) is 22.4 Å². The highest BCUT2D eigenvalue weighted by Gasteiger charge is 2.39. The minimum atomic E-state index is -1.23. The lowest BCUT2D eigenvalue weighted by Crippen LogP contribution is -2.56. The van der Waals surface area contributed by atoms with Crippen LogP contribution in [-0.4, -0.2) is 77.2 Å². The Labute approximate surface area is 226 Å². The van der Waals surface area contributed by atoms with Crippen LogP contribution in [-0.2, 0) is 14.4 Å². The summed E-state index contributed by atoms with van der Waals surface area (Å²) in [7, 11) is 0. The molecule has 210 valence electrons. The summed E-state index contributed by atoms with van der Waals surface area (Å²) in [6.45, 7) is 2.94. The van der Waals surface area contributed by atoms with Crippen molar-refractivity contribution < 1.29 is 23.6 Å². The first-order valence-electron chi connectivity index (χ1n) is 13.0. The number of carbonyl (C=O) groups excluding carboxylic acids is 4. The first-order valence-corrected chi connectivity index (χ1v) is 13.0. The molecule has 12 heteroatoms. The number of para-hydroxylation sites is 1. The van der Waals surface area contributed by atoms with Gasteiger partial charge in [-0.3, -0.25) is 29.2 Å². The van der Waals surface area contributed by atoms with Crippen LogP contribution in [0.1, 0.15) is 49.9 Å². The number of benzene rings is 1. The van der Waals surface area contributed by atoms with Crippen molar-refractivity contribution in [3.05, 3.63) is 42.1 Å². The van der Waals surface area contributed by atoms with E-state index in [0.29, 0.717) is 42.3 Å². The summed E-state index contributed by atoms with van der Waals surface area (Å²) >= 11 is 0. The molecule has 1 fully saturated rings. The Morgan fingerprint density at radius 3 is 2.59 bits per heavy atom. The van der Waals surface area contributed by atoms with Crippen molar-refractivity contribution in [2.75, 3.05) is 19.8 Å². The number of Topliss-reactive ketones (excluding diaryl/α,β-unsaturated/α-hetero) is 1. The second-order valence-corrected chi connectivity index (χ2v) is 9.87. The predicted molar refractivity (Wildman–Crippen MR) is 145 cm³/mol. The normalized spacial score (nSPS) is 16.5. The Morgan fingerprint density at radius 1 is 1.15 bits per heavy atom. The molecule has 1 aliphatic rings. The Kier molecular flexibility index (Phi) is 10.3. The van der Waals surface area contributed by atoms with Crippen molar-refractivity contribution in [3.8, 4) is 0 Å². The van der Waals surface area contributed by atoms with Gasteiger partial charge in [-0.15, -0.1) is 0 Å². The number of hydrogen-bond donors (Lipinski definition) is 4. The lowest BCUT2D eigenvalue weighted by Gasteiger charge is -2.31. The zero-order valence-electron chi connectivity index (χ0n) is 22.2. The molecule has 0 spiro atoms. The van der Waals surface area contributed by atoms with Crippen LogP contribution in [0.25, 0.3) is 10.9 Å². The molecule has 2 unspecified atom stereocenters. The Morgan fingerprint density at radius 2 is 1.90 bits per heavy atom. The van der Waals surface area contributed by atoms with Gasteiger partial charge in [0.05, 0.1) is 17.1 Å². The van der Waals surface area contributed by atoms with Crippen molar-refractivity contribution in [1.29, 1.82) is 0 Å². The number of fused-ring (bicyclic) bond motifs is 1. The molecular formula is C27H36FN7O4. The summed E-state index contributed by atoms with van der Waals surface area (Å²) in [5.41, 5.74) is 11.6. The molecule has 0 saturated carbocycles. The number of nitrogens with two attached hydrogens (primary N) is 2. The number of aromatic nitrogens is 1. The minimum Gasteiger partial charge on any atom is -0.370 e. The minimum absolute atomic E-state index is 0.101. The quantitative estimate of drug-likeness (QED) is 0.177. The first kappa shape index (κ1) is 29.5. The van der Waals surface area contributed by atoms with E-state index in [9.17, 15) is 23.6 Å². The topological polar surface area (TPSA) is 173 Å². The molecule has 0 radical (unpaired) electrons. The third-order valence-corrected chi connectivity index (χ3v) is 6.73. The number of carbonyl (C=O) groups is 4. The third kappa shape index (κ3) is 7.49. The van der Waals surface area contributed by atoms with E-state index in [-0.39, 0.29) is 24.8 Å². The molecule has 2 aromatic rings. The molecule has 1 aromatic carbocycles. The van der Waals surface area contributed by atoms with E-state index in [1.807, 2.05) is 19.9 Å². The van der Waals surface area contributed by atoms with Crippen LogP contribution >= 0.6 is 0 Å². The second-order valence-electron chi connectivity index (χ2n) is 9.87. The fourth-order valence-electron chi connectivity index (χ4n) is 4.69. The zero-order chi connectivity index (χ0) is 28.5. The van der Waals surface area contributed by atoms with E-state index in [2.05, 4.69) is 20.6 Å². The van der Waals surface area contributed by atoms with E-state index < -0.39 is 48.3 Å². The second kappa shape index (κ2) is 13.6. The molecule has 1 aliphatic heterocycles. The number of nitrogens with one attached hydrogen (secondary N) is 2. The fraction of sp³-hybridized carbons (Fsp3) is 0.481. The summed E-state index contributed by atoms with van der Waals surface area (Å²) < 4.78 is 13.2. The Balaban J connectivity index is 1.72. The third-order valence-electron chi connectivity index (χ3n) is 6.73. The van der Waals surface area contributed by atoms with Gasteiger partial charge in [0, 0.05) is 24.7 Å². The number of guanidine groups is 1. The number of amides is 3. The van der Waals surface area contributed by atoms with Crippen molar-refractivity contribution in [2.45, 2.75) is 57.7 Å². The van der Waals surface area contributed by atoms with Gasteiger partial charge in [0.15, 0.2) is 11.7 Å². The molecule has 39 heavy (non-hydrogen) atoms. The molecule has 2 heterocycles. The van der Waals surface area contributed by atoms with E-state index in [4.69, 9.17) is 11.5 Å². The summed E-state index contributed by atoms with van der Waals surface area (Å²) in [5.74, 6) is -2.48. The molecule has 11 nitrogen and oxygen atoms in total. The summed E-state index contributed by atoms with van der Waals surface area (Å²) in [6, 6.07) is 6.03. The van der Waals surface area contributed by atoms with Gasteiger partial charge in [0.1, 0.15) is 18.8 Å². The maximum atomic E-state index is 13.6. The van der Waals surface area contributed by atoms with Gasteiger partial charge in [-0.25, -0.2) is 4.39 Å². The van der Waals surface area contributed by atoms with E-state index in [0.717, 1.165) is 0 Å². The standard InChI is InChI=1S/C27H36FN7O4/c1-16(2)23(34-24(37)18-11-13-31-19-8-4-3-7-17(18)19)26(39)35-14-6-10-21(35)25(38)33-20(22(36)15-28)9-5-12-32-27(29)30/h3-4,7-8,11,13,16,20-21,23H,5-6,9-10,12,14-15H2,1-2H3,(H,33,38)(H,34,37)(H4,29,30,32)/t20?,21-,23?/m0/s1. The molecule has 1 aromatic heterocycles. The van der Waals surface area contributed by atoms with E-state index in [1.165, 1.54) is 11.1 Å². The van der Waals surface area contributed by atoms with Crippen LogP contribution in [0.2, 0.25) is 0 Å². The van der Waals surface area contributed by atoms with E-state index >= 15 is 0 Å². The molecule has 6 N–H and O–H groups in total. The highest BCUT2D eigenvalue weighted by atomic mass is 19.1. The fourth-order valence-corrected chi connectivity index (χ4v) is 4.69. The summed E-state index contributed by atoms with van der Waals surface area (Å²) in [6.07, 6.45) is 3.00.